The lowest BCUT2D eigenvalue weighted by Crippen LogP contribution is -2.42. The van der Waals surface area contributed by atoms with Gasteiger partial charge in [0.25, 0.3) is 5.91 Å². The van der Waals surface area contributed by atoms with Gasteiger partial charge in [0.05, 0.1) is 10.6 Å². The zero-order valence-electron chi connectivity index (χ0n) is 13.9. The summed E-state index contributed by atoms with van der Waals surface area (Å²) in [5, 5.41) is 2.88. The van der Waals surface area contributed by atoms with Gasteiger partial charge < -0.3 is 5.32 Å². The normalized spacial score (nSPS) is 10.3. The van der Waals surface area contributed by atoms with Crippen LogP contribution >= 0.6 is 11.6 Å². The summed E-state index contributed by atoms with van der Waals surface area (Å²) in [6.07, 6.45) is 3.10. The predicted molar refractivity (Wildman–Crippen MR) is 100 cm³/mol. The van der Waals surface area contributed by atoms with Gasteiger partial charge in [-0.05, 0) is 23.8 Å². The number of nitrogens with one attached hydrogen (secondary N) is 3. The van der Waals surface area contributed by atoms with Crippen LogP contribution in [0.4, 0.5) is 0 Å². The van der Waals surface area contributed by atoms with Crippen LogP contribution in [0.5, 0.6) is 0 Å². The number of hydrogen-bond donors (Lipinski definition) is 3. The molecule has 7 heteroatoms. The molecule has 0 aliphatic carbocycles. The monoisotopic (exact) mass is 371 g/mol. The fourth-order valence-electron chi connectivity index (χ4n) is 2.00. The molecule has 0 radical (unpaired) electrons. The zero-order valence-corrected chi connectivity index (χ0v) is 14.6. The highest BCUT2D eigenvalue weighted by molar-refractivity contribution is 6.33. The average molecular weight is 372 g/mol. The summed E-state index contributed by atoms with van der Waals surface area (Å²) in [5.74, 6) is -1.25. The van der Waals surface area contributed by atoms with E-state index in [1.165, 1.54) is 6.08 Å². The molecule has 0 heterocycles. The van der Waals surface area contributed by atoms with E-state index in [-0.39, 0.29) is 29.5 Å². The smallest absolute Gasteiger partial charge is 0.271 e. The number of hydrogen-bond acceptors (Lipinski definition) is 3. The molecule has 3 N–H and O–H groups in total. The highest BCUT2D eigenvalue weighted by Crippen LogP contribution is 2.14. The topological polar surface area (TPSA) is 87.3 Å². The van der Waals surface area contributed by atoms with E-state index in [9.17, 15) is 14.4 Å². The maximum absolute atomic E-state index is 11.9. The van der Waals surface area contributed by atoms with Crippen molar-refractivity contribution in [1.82, 2.24) is 16.2 Å². The second-order valence-electron chi connectivity index (χ2n) is 5.27. The molecule has 0 fully saturated rings. The van der Waals surface area contributed by atoms with E-state index in [0.29, 0.717) is 0 Å². The molecule has 0 saturated heterocycles. The molecular weight excluding hydrogens is 354 g/mol. The summed E-state index contributed by atoms with van der Waals surface area (Å²) < 4.78 is 0. The number of hydrazine groups is 1. The summed E-state index contributed by atoms with van der Waals surface area (Å²) in [4.78, 5) is 35.3. The SMILES string of the molecule is O=C(/C=C/c1ccccc1)NCCC(=O)NNC(=O)c1ccccc1Cl. The van der Waals surface area contributed by atoms with Gasteiger partial charge in [-0.2, -0.15) is 0 Å². The maximum atomic E-state index is 11.9. The Morgan fingerprint density at radius 3 is 2.35 bits per heavy atom. The van der Waals surface area contributed by atoms with Gasteiger partial charge in [0.15, 0.2) is 0 Å². The average Bonchev–Trinajstić information content (AvgIpc) is 2.65. The van der Waals surface area contributed by atoms with E-state index in [2.05, 4.69) is 16.2 Å². The maximum Gasteiger partial charge on any atom is 0.271 e. The number of amides is 3. The van der Waals surface area contributed by atoms with Gasteiger partial charge in [-0.3, -0.25) is 25.2 Å². The molecular formula is C19H18ClN3O3. The Labute approximate surface area is 156 Å². The third-order valence-corrected chi connectivity index (χ3v) is 3.64. The highest BCUT2D eigenvalue weighted by atomic mass is 35.5. The van der Waals surface area contributed by atoms with Crippen molar-refractivity contribution in [3.63, 3.8) is 0 Å². The summed E-state index contributed by atoms with van der Waals surface area (Å²) in [6.45, 7) is 0.145. The van der Waals surface area contributed by atoms with Crippen LogP contribution in [0.25, 0.3) is 6.08 Å². The fraction of sp³-hybridized carbons (Fsp3) is 0.105. The lowest BCUT2D eigenvalue weighted by molar-refractivity contribution is -0.122. The number of benzene rings is 2. The van der Waals surface area contributed by atoms with E-state index >= 15 is 0 Å². The minimum Gasteiger partial charge on any atom is -0.352 e. The molecule has 0 spiro atoms. The molecule has 26 heavy (non-hydrogen) atoms. The van der Waals surface area contributed by atoms with E-state index in [0.717, 1.165) is 5.56 Å². The van der Waals surface area contributed by atoms with Crippen LogP contribution in [0.2, 0.25) is 5.02 Å². The van der Waals surface area contributed by atoms with Crippen LogP contribution in [0.3, 0.4) is 0 Å². The van der Waals surface area contributed by atoms with E-state index < -0.39 is 11.8 Å². The molecule has 3 amide bonds. The van der Waals surface area contributed by atoms with Gasteiger partial charge >= 0.3 is 0 Å². The van der Waals surface area contributed by atoms with Gasteiger partial charge in [0.2, 0.25) is 11.8 Å². The van der Waals surface area contributed by atoms with Crippen molar-refractivity contribution < 1.29 is 14.4 Å². The minimum absolute atomic E-state index is 0.0215. The Morgan fingerprint density at radius 2 is 1.62 bits per heavy atom. The van der Waals surface area contributed by atoms with Crippen LogP contribution < -0.4 is 16.2 Å². The molecule has 0 aliphatic heterocycles. The highest BCUT2D eigenvalue weighted by Gasteiger charge is 2.10. The van der Waals surface area contributed by atoms with E-state index in [4.69, 9.17) is 11.6 Å². The third kappa shape index (κ3) is 6.41. The number of rotatable bonds is 6. The molecule has 2 aromatic carbocycles. The first-order valence-electron chi connectivity index (χ1n) is 7.91. The van der Waals surface area contributed by atoms with Crippen LogP contribution in [0, 0.1) is 0 Å². The first-order chi connectivity index (χ1) is 12.6. The second-order valence-corrected chi connectivity index (χ2v) is 5.67. The standard InChI is InChI=1S/C19H18ClN3O3/c20-16-9-5-4-8-15(16)19(26)23-22-18(25)12-13-21-17(24)11-10-14-6-2-1-3-7-14/h1-11H,12-13H2,(H,21,24)(H,22,25)(H,23,26)/b11-10+. The Hall–Kier alpha value is -3.12. The molecule has 0 aromatic heterocycles. The van der Waals surface area contributed by atoms with Crippen molar-refractivity contribution >= 4 is 35.4 Å². The Kier molecular flexibility index (Phi) is 7.39. The summed E-state index contributed by atoms with van der Waals surface area (Å²) in [6, 6.07) is 15.9. The van der Waals surface area contributed by atoms with Crippen molar-refractivity contribution in [1.29, 1.82) is 0 Å². The third-order valence-electron chi connectivity index (χ3n) is 3.31. The molecule has 2 rings (SSSR count). The largest absolute Gasteiger partial charge is 0.352 e. The Bertz CT molecular complexity index is 807. The lowest BCUT2D eigenvalue weighted by Gasteiger charge is -2.08. The van der Waals surface area contributed by atoms with Crippen molar-refractivity contribution in [3.05, 3.63) is 76.8 Å². The lowest BCUT2D eigenvalue weighted by atomic mass is 10.2. The van der Waals surface area contributed by atoms with Crippen LogP contribution in [0.1, 0.15) is 22.3 Å². The minimum atomic E-state index is -0.515. The molecule has 0 unspecified atom stereocenters. The van der Waals surface area contributed by atoms with Crippen LogP contribution in [-0.2, 0) is 9.59 Å². The molecule has 134 valence electrons. The Morgan fingerprint density at radius 1 is 0.923 bits per heavy atom. The zero-order chi connectivity index (χ0) is 18.8. The van der Waals surface area contributed by atoms with Crippen molar-refractivity contribution in [2.24, 2.45) is 0 Å². The van der Waals surface area contributed by atoms with Crippen LogP contribution in [-0.4, -0.2) is 24.3 Å². The summed E-state index contributed by atoms with van der Waals surface area (Å²) >= 11 is 5.90. The van der Waals surface area contributed by atoms with Gasteiger partial charge in [0, 0.05) is 19.0 Å². The fourth-order valence-corrected chi connectivity index (χ4v) is 2.22. The van der Waals surface area contributed by atoms with E-state index in [1.54, 1.807) is 30.3 Å². The quantitative estimate of drug-likeness (QED) is 0.538. The molecule has 0 bridgehead atoms. The van der Waals surface area contributed by atoms with E-state index in [1.807, 2.05) is 30.3 Å². The molecule has 0 aliphatic rings. The second kappa shape index (κ2) is 10.0. The molecule has 6 nitrogen and oxygen atoms in total. The van der Waals surface area contributed by atoms with Crippen molar-refractivity contribution in [2.45, 2.75) is 6.42 Å². The number of carbonyl (C=O) groups excluding carboxylic acids is 3. The first kappa shape index (κ1) is 19.2. The summed E-state index contributed by atoms with van der Waals surface area (Å²) in [5.41, 5.74) is 5.71. The summed E-state index contributed by atoms with van der Waals surface area (Å²) in [7, 11) is 0. The predicted octanol–water partition coefficient (Wildman–Crippen LogP) is 2.32. The Balaban J connectivity index is 1.67. The van der Waals surface area contributed by atoms with Gasteiger partial charge in [-0.1, -0.05) is 54.1 Å². The molecule has 0 saturated carbocycles. The molecule has 2 aromatic rings. The number of halogens is 1. The van der Waals surface area contributed by atoms with Crippen LogP contribution in [0.15, 0.2) is 60.7 Å². The van der Waals surface area contributed by atoms with Crippen molar-refractivity contribution in [3.8, 4) is 0 Å². The number of carbonyl (C=O) groups is 3. The van der Waals surface area contributed by atoms with Gasteiger partial charge in [0.1, 0.15) is 0 Å². The molecule has 0 atom stereocenters. The van der Waals surface area contributed by atoms with Gasteiger partial charge in [-0.15, -0.1) is 0 Å². The van der Waals surface area contributed by atoms with Crippen molar-refractivity contribution in [2.75, 3.05) is 6.54 Å². The first-order valence-corrected chi connectivity index (χ1v) is 8.29. The van der Waals surface area contributed by atoms with Gasteiger partial charge in [-0.25, -0.2) is 0 Å².